The third kappa shape index (κ3) is 8.54. The molecule has 18 heteroatoms. The molecule has 2 atom stereocenters. The summed E-state index contributed by atoms with van der Waals surface area (Å²) < 4.78 is 46.2. The number of hydrogen-bond acceptors (Lipinski definition) is 11. The maximum Gasteiger partial charge on any atom is 0.336 e. The van der Waals surface area contributed by atoms with Gasteiger partial charge in [0.15, 0.2) is 0 Å². The van der Waals surface area contributed by atoms with E-state index in [0.717, 1.165) is 16.3 Å². The Bertz CT molecular complexity index is 2050. The quantitative estimate of drug-likeness (QED) is 0.174. The second kappa shape index (κ2) is 16.2. The van der Waals surface area contributed by atoms with E-state index in [4.69, 9.17) is 37.7 Å². The smallest absolute Gasteiger partial charge is 0.336 e. The van der Waals surface area contributed by atoms with Gasteiger partial charge in [0, 0.05) is 55.7 Å². The van der Waals surface area contributed by atoms with Crippen molar-refractivity contribution in [2.24, 2.45) is 0 Å². The fourth-order valence-electron chi connectivity index (χ4n) is 6.43. The van der Waals surface area contributed by atoms with Crippen LogP contribution in [0.1, 0.15) is 61.2 Å². The molecule has 2 aliphatic heterocycles. The van der Waals surface area contributed by atoms with Gasteiger partial charge in [0.25, 0.3) is 0 Å². The summed E-state index contributed by atoms with van der Waals surface area (Å²) in [5.41, 5.74) is 4.42. The minimum Gasteiger partial charge on any atom is -0.480 e. The number of amides is 2. The van der Waals surface area contributed by atoms with Gasteiger partial charge in [0.05, 0.1) is 54.6 Å². The number of nitrogens with one attached hydrogen (secondary N) is 3. The van der Waals surface area contributed by atoms with Crippen LogP contribution < -0.4 is 25.4 Å². The van der Waals surface area contributed by atoms with Crippen molar-refractivity contribution in [2.45, 2.75) is 63.7 Å². The Kier molecular flexibility index (Phi) is 11.7. The summed E-state index contributed by atoms with van der Waals surface area (Å²) in [7, 11) is -1.73. The van der Waals surface area contributed by atoms with Crippen LogP contribution in [0, 0.1) is 0 Å². The SMILES string of the molecule is COc1nc(C2=CCCC(c3cccc(-c4cnc(CN(C[C@@H]5CCC(=O)N5)S(=O)(=O)O)c(OC)n4)c3Cl)=C2Cl)cnc1CNC[C@@H]1CCC(=O)N1. The highest BCUT2D eigenvalue weighted by molar-refractivity contribution is 7.83. The number of allylic oxidation sites excluding steroid dienone is 4. The number of halogens is 2. The van der Waals surface area contributed by atoms with Gasteiger partial charge in [0.1, 0.15) is 11.4 Å². The molecule has 0 radical (unpaired) electrons. The summed E-state index contributed by atoms with van der Waals surface area (Å²) in [6, 6.07) is 5.11. The molecule has 0 saturated carbocycles. The second-order valence-corrected chi connectivity index (χ2v) is 14.7. The molecule has 3 aromatic rings. The van der Waals surface area contributed by atoms with E-state index in [2.05, 4.69) is 30.9 Å². The molecule has 0 unspecified atom stereocenters. The number of nitrogens with zero attached hydrogens (tertiary/aromatic N) is 5. The van der Waals surface area contributed by atoms with E-state index in [-0.39, 0.29) is 48.9 Å². The molecule has 1 aliphatic carbocycles. The molecule has 276 valence electrons. The Hall–Kier alpha value is -4.19. The first-order valence-corrected chi connectivity index (χ1v) is 18.8. The van der Waals surface area contributed by atoms with Crippen LogP contribution in [0.2, 0.25) is 5.02 Å². The molecule has 3 aliphatic rings. The molecule has 15 nitrogen and oxygen atoms in total. The van der Waals surface area contributed by atoms with E-state index >= 15 is 0 Å². The minimum absolute atomic E-state index is 0.0414. The first kappa shape index (κ1) is 37.6. The second-order valence-electron chi connectivity index (χ2n) is 12.5. The predicted octanol–water partition coefficient (Wildman–Crippen LogP) is 3.68. The summed E-state index contributed by atoms with van der Waals surface area (Å²) in [6.07, 6.45) is 8.42. The molecule has 0 spiro atoms. The lowest BCUT2D eigenvalue weighted by molar-refractivity contribution is -0.120. The summed E-state index contributed by atoms with van der Waals surface area (Å²) in [4.78, 5) is 41.5. The van der Waals surface area contributed by atoms with Crippen molar-refractivity contribution in [1.82, 2.24) is 40.2 Å². The molecule has 2 aromatic heterocycles. The molecular weight excluding hydrogens is 735 g/mol. The van der Waals surface area contributed by atoms with Gasteiger partial charge in [0.2, 0.25) is 23.6 Å². The lowest BCUT2D eigenvalue weighted by atomic mass is 9.91. The zero-order chi connectivity index (χ0) is 37.0. The van der Waals surface area contributed by atoms with Crippen LogP contribution in [-0.4, -0.2) is 88.4 Å². The average molecular weight is 774 g/mol. The van der Waals surface area contributed by atoms with Crippen molar-refractivity contribution in [3.8, 4) is 23.0 Å². The lowest BCUT2D eigenvalue weighted by Crippen LogP contribution is -2.41. The number of benzene rings is 1. The van der Waals surface area contributed by atoms with Gasteiger partial charge in [-0.25, -0.2) is 9.97 Å². The van der Waals surface area contributed by atoms with Crippen molar-refractivity contribution in [2.75, 3.05) is 27.3 Å². The average Bonchev–Trinajstić information content (AvgIpc) is 3.74. The highest BCUT2D eigenvalue weighted by Crippen LogP contribution is 2.43. The van der Waals surface area contributed by atoms with Crippen LogP contribution in [0.4, 0.5) is 0 Å². The van der Waals surface area contributed by atoms with E-state index in [1.165, 1.54) is 20.4 Å². The summed E-state index contributed by atoms with van der Waals surface area (Å²) in [5, 5.41) is 9.78. The molecule has 2 saturated heterocycles. The van der Waals surface area contributed by atoms with Gasteiger partial charge in [-0.2, -0.15) is 12.7 Å². The first-order chi connectivity index (χ1) is 24.9. The normalized spacial score (nSPS) is 19.2. The lowest BCUT2D eigenvalue weighted by Gasteiger charge is -2.22. The van der Waals surface area contributed by atoms with Crippen LogP contribution in [0.3, 0.4) is 0 Å². The first-order valence-electron chi connectivity index (χ1n) is 16.7. The highest BCUT2D eigenvalue weighted by atomic mass is 35.5. The zero-order valence-corrected chi connectivity index (χ0v) is 30.8. The molecular formula is C34H38Cl2N8O7S. The molecule has 4 heterocycles. The van der Waals surface area contributed by atoms with Gasteiger partial charge in [-0.1, -0.05) is 47.5 Å². The third-order valence-electron chi connectivity index (χ3n) is 9.06. The van der Waals surface area contributed by atoms with Crippen molar-refractivity contribution in [3.05, 3.63) is 69.4 Å². The van der Waals surface area contributed by atoms with Gasteiger partial charge >= 0.3 is 10.3 Å². The predicted molar refractivity (Wildman–Crippen MR) is 194 cm³/mol. The van der Waals surface area contributed by atoms with E-state index in [9.17, 15) is 22.6 Å². The van der Waals surface area contributed by atoms with Gasteiger partial charge < -0.3 is 25.4 Å². The fraction of sp³-hybridized carbons (Fsp3) is 0.412. The minimum atomic E-state index is -4.64. The number of aromatic nitrogens is 4. The Balaban J connectivity index is 1.22. The largest absolute Gasteiger partial charge is 0.480 e. The van der Waals surface area contributed by atoms with Crippen LogP contribution in [-0.2, 0) is 33.0 Å². The number of carbonyl (C=O) groups is 2. The monoisotopic (exact) mass is 772 g/mol. The maximum absolute atomic E-state index is 12.2. The molecule has 2 fully saturated rings. The van der Waals surface area contributed by atoms with Crippen molar-refractivity contribution in [3.63, 3.8) is 0 Å². The number of methoxy groups -OCH3 is 2. The van der Waals surface area contributed by atoms with Crippen LogP contribution in [0.25, 0.3) is 22.4 Å². The number of carbonyl (C=O) groups excluding carboxylic acids is 2. The molecule has 2 amide bonds. The number of hydrogen-bond donors (Lipinski definition) is 4. The van der Waals surface area contributed by atoms with Crippen LogP contribution in [0.15, 0.2) is 41.7 Å². The van der Waals surface area contributed by atoms with E-state index < -0.39 is 16.3 Å². The van der Waals surface area contributed by atoms with E-state index in [1.54, 1.807) is 12.3 Å². The molecule has 4 N–H and O–H groups in total. The van der Waals surface area contributed by atoms with Gasteiger partial charge in [-0.05, 0) is 36.8 Å². The van der Waals surface area contributed by atoms with Crippen molar-refractivity contribution >= 4 is 56.5 Å². The fourth-order valence-corrected chi connectivity index (χ4v) is 7.79. The van der Waals surface area contributed by atoms with Crippen molar-refractivity contribution < 1.29 is 32.0 Å². The summed E-state index contributed by atoms with van der Waals surface area (Å²) in [6.45, 7) is 0.545. The maximum atomic E-state index is 12.2. The van der Waals surface area contributed by atoms with Crippen LogP contribution in [0.5, 0.6) is 11.8 Å². The van der Waals surface area contributed by atoms with E-state index in [1.807, 2.05) is 18.2 Å². The Morgan fingerprint density at radius 2 is 1.56 bits per heavy atom. The zero-order valence-electron chi connectivity index (χ0n) is 28.5. The number of ether oxygens (including phenoxy) is 2. The van der Waals surface area contributed by atoms with Crippen LogP contribution >= 0.6 is 23.2 Å². The van der Waals surface area contributed by atoms with E-state index in [0.29, 0.717) is 88.5 Å². The Labute approximate surface area is 311 Å². The molecule has 1 aromatic carbocycles. The Morgan fingerprint density at radius 1 is 0.923 bits per heavy atom. The van der Waals surface area contributed by atoms with Gasteiger partial charge in [-0.15, -0.1) is 0 Å². The highest BCUT2D eigenvalue weighted by Gasteiger charge is 2.30. The standard InChI is InChI=1S/C34H38Cl2N8O7S/c1-50-33-27(14-37-13-19-9-11-29(45)40-19)38-15-25(42-33)23-7-3-5-21(31(23)35)22-6-4-8-24(32(22)36)26-16-39-28(34(43-26)51-2)18-44(52(47,48)49)17-20-10-12-30(46)41-20/h4,6-8,15-16,19-20,37H,3,5,9-14,17-18H2,1-2H3,(H,40,45)(H,41,46)(H,47,48,49)/t19-,20-/m0/s1. The number of rotatable bonds is 14. The summed E-state index contributed by atoms with van der Waals surface area (Å²) in [5.74, 6) is 0.282. The Morgan fingerprint density at radius 3 is 2.23 bits per heavy atom. The molecule has 52 heavy (non-hydrogen) atoms. The van der Waals surface area contributed by atoms with Crippen molar-refractivity contribution in [1.29, 1.82) is 0 Å². The third-order valence-corrected chi connectivity index (χ3v) is 10.8. The summed E-state index contributed by atoms with van der Waals surface area (Å²) >= 11 is 14.1. The van der Waals surface area contributed by atoms with Gasteiger partial charge in [-0.3, -0.25) is 24.1 Å². The molecule has 6 rings (SSSR count). The topological polar surface area (TPSA) is 198 Å². The molecule has 0 bridgehead atoms.